The Morgan fingerprint density at radius 3 is 2.86 bits per heavy atom. The van der Waals surface area contributed by atoms with Gasteiger partial charge in [0.1, 0.15) is 37.1 Å². The van der Waals surface area contributed by atoms with E-state index >= 15 is 0 Å². The summed E-state index contributed by atoms with van der Waals surface area (Å²) in [6.07, 6.45) is 3.21. The van der Waals surface area contributed by atoms with E-state index in [9.17, 15) is 9.90 Å². The van der Waals surface area contributed by atoms with Gasteiger partial charge in [0.2, 0.25) is 0 Å². The first kappa shape index (κ1) is 19.2. The molecule has 2 atom stereocenters. The molecule has 0 aliphatic carbocycles. The van der Waals surface area contributed by atoms with E-state index in [1.165, 1.54) is 9.78 Å². The lowest BCUT2D eigenvalue weighted by atomic mass is 10.0. The Morgan fingerprint density at radius 1 is 1.25 bits per heavy atom. The number of quaternary nitrogens is 1. The molecule has 1 fully saturated rings. The molecular weight excluding hydrogens is 374 g/mol. The molecule has 6 heteroatoms. The summed E-state index contributed by atoms with van der Waals surface area (Å²) in [6.45, 7) is 5.38. The van der Waals surface area contributed by atoms with Gasteiger partial charge in [-0.1, -0.05) is 13.0 Å². The lowest BCUT2D eigenvalue weighted by molar-refractivity contribution is -0.930. The molecule has 4 rings (SSSR count). The van der Waals surface area contributed by atoms with Gasteiger partial charge in [-0.15, -0.1) is 11.3 Å². The third-order valence-electron chi connectivity index (χ3n) is 5.40. The largest absolute Gasteiger partial charge is 0.508 e. The molecule has 28 heavy (non-hydrogen) atoms. The first-order valence-electron chi connectivity index (χ1n) is 9.88. The molecule has 1 aromatic carbocycles. The maximum atomic E-state index is 12.1. The van der Waals surface area contributed by atoms with Crippen LogP contribution in [0.2, 0.25) is 0 Å². The van der Waals surface area contributed by atoms with Crippen LogP contribution in [0.15, 0.2) is 44.9 Å². The van der Waals surface area contributed by atoms with Crippen LogP contribution in [0.5, 0.6) is 5.75 Å². The maximum Gasteiger partial charge on any atom is 0.336 e. The highest BCUT2D eigenvalue weighted by Gasteiger charge is 2.24. The number of hydrogen-bond donors (Lipinski definition) is 2. The molecule has 2 N–H and O–H groups in total. The van der Waals surface area contributed by atoms with Crippen LogP contribution in [-0.4, -0.2) is 24.4 Å². The van der Waals surface area contributed by atoms with Crippen molar-refractivity contribution >= 4 is 22.3 Å². The van der Waals surface area contributed by atoms with E-state index in [1.54, 1.807) is 23.5 Å². The predicted molar refractivity (Wildman–Crippen MR) is 110 cm³/mol. The van der Waals surface area contributed by atoms with Gasteiger partial charge in [-0.2, -0.15) is 0 Å². The fraction of sp³-hybridized carbons (Fsp3) is 0.409. The van der Waals surface area contributed by atoms with Gasteiger partial charge in [-0.05, 0) is 42.3 Å². The van der Waals surface area contributed by atoms with E-state index in [1.807, 2.05) is 13.0 Å². The molecule has 3 heterocycles. The number of hydrogen-bond acceptors (Lipinski definition) is 5. The lowest BCUT2D eigenvalue weighted by Gasteiger charge is -2.22. The Bertz CT molecular complexity index is 990. The van der Waals surface area contributed by atoms with E-state index in [-0.39, 0.29) is 17.5 Å². The molecule has 2 aromatic heterocycles. The van der Waals surface area contributed by atoms with Crippen LogP contribution < -0.4 is 10.5 Å². The SMILES string of the molecule is CCc1cc2c(C[NH+](Cc3cccs3)C[C@H]3CCCO3)cc(=O)oc2cc1O. The van der Waals surface area contributed by atoms with E-state index in [0.29, 0.717) is 12.1 Å². The van der Waals surface area contributed by atoms with Gasteiger partial charge >= 0.3 is 5.63 Å². The second-order valence-electron chi connectivity index (χ2n) is 7.44. The standard InChI is InChI=1S/C22H25NO4S/c1-2-15-9-19-16(10-22(25)27-21(19)11-20(15)24)12-23(13-17-5-3-7-26-17)14-18-6-4-8-28-18/h4,6,8-11,17,24H,2-3,5,7,12-14H2,1H3/p+1/t17-/m1/s1. The fourth-order valence-electron chi connectivity index (χ4n) is 4.00. The summed E-state index contributed by atoms with van der Waals surface area (Å²) in [7, 11) is 0. The first-order chi connectivity index (χ1) is 13.6. The highest BCUT2D eigenvalue weighted by atomic mass is 32.1. The van der Waals surface area contributed by atoms with Crippen LogP contribution in [0.3, 0.4) is 0 Å². The fourth-order valence-corrected chi connectivity index (χ4v) is 4.78. The summed E-state index contributed by atoms with van der Waals surface area (Å²) in [5.41, 5.74) is 1.90. The van der Waals surface area contributed by atoms with Crippen LogP contribution in [0, 0.1) is 0 Å². The summed E-state index contributed by atoms with van der Waals surface area (Å²) in [5, 5.41) is 13.2. The Kier molecular flexibility index (Phi) is 5.80. The number of ether oxygens (including phenoxy) is 1. The number of fused-ring (bicyclic) bond motifs is 1. The lowest BCUT2D eigenvalue weighted by Crippen LogP contribution is -3.10. The number of aryl methyl sites for hydroxylation is 1. The van der Waals surface area contributed by atoms with Crippen molar-refractivity contribution in [2.75, 3.05) is 13.2 Å². The minimum Gasteiger partial charge on any atom is -0.508 e. The average molecular weight is 401 g/mol. The van der Waals surface area contributed by atoms with E-state index in [4.69, 9.17) is 9.15 Å². The first-order valence-corrected chi connectivity index (χ1v) is 10.8. The van der Waals surface area contributed by atoms with Crippen LogP contribution in [0.25, 0.3) is 11.0 Å². The number of aromatic hydroxyl groups is 1. The van der Waals surface area contributed by atoms with Gasteiger partial charge in [0, 0.05) is 29.7 Å². The van der Waals surface area contributed by atoms with Crippen LogP contribution in [-0.2, 0) is 24.2 Å². The minimum atomic E-state index is -0.376. The molecule has 3 aromatic rings. The monoisotopic (exact) mass is 400 g/mol. The summed E-state index contributed by atoms with van der Waals surface area (Å²) in [6, 6.07) is 9.36. The van der Waals surface area contributed by atoms with Gasteiger partial charge in [-0.25, -0.2) is 4.79 Å². The zero-order valence-electron chi connectivity index (χ0n) is 16.1. The molecule has 0 radical (unpaired) electrons. The van der Waals surface area contributed by atoms with Crippen LogP contribution in [0.4, 0.5) is 0 Å². The molecule has 148 valence electrons. The van der Waals surface area contributed by atoms with Crippen molar-refractivity contribution in [1.29, 1.82) is 0 Å². The molecule has 1 aliphatic heterocycles. The number of rotatable bonds is 7. The summed E-state index contributed by atoms with van der Waals surface area (Å²) < 4.78 is 11.2. The van der Waals surface area contributed by atoms with Gasteiger partial charge in [0.15, 0.2) is 0 Å². The van der Waals surface area contributed by atoms with Gasteiger partial charge in [0.05, 0.1) is 4.88 Å². The Labute approximate surface area is 168 Å². The van der Waals surface area contributed by atoms with Crippen molar-refractivity contribution in [2.45, 2.75) is 45.4 Å². The predicted octanol–water partition coefficient (Wildman–Crippen LogP) is 2.89. The van der Waals surface area contributed by atoms with Gasteiger partial charge in [-0.3, -0.25) is 0 Å². The molecule has 1 saturated heterocycles. The van der Waals surface area contributed by atoms with Crippen molar-refractivity contribution in [3.63, 3.8) is 0 Å². The molecular formula is C22H26NO4S+. The Hall–Kier alpha value is -2.15. The minimum absolute atomic E-state index is 0.178. The van der Waals surface area contributed by atoms with E-state index in [0.717, 1.165) is 55.5 Å². The highest BCUT2D eigenvalue weighted by molar-refractivity contribution is 7.09. The molecule has 0 saturated carbocycles. The number of phenolic OH excluding ortho intramolecular Hbond substituents is 1. The second-order valence-corrected chi connectivity index (χ2v) is 8.48. The Balaban J connectivity index is 1.68. The number of phenols is 1. The third-order valence-corrected chi connectivity index (χ3v) is 6.27. The molecule has 5 nitrogen and oxygen atoms in total. The zero-order chi connectivity index (χ0) is 19.5. The normalized spacial score (nSPS) is 18.0. The molecule has 0 amide bonds. The summed E-state index contributed by atoms with van der Waals surface area (Å²) >= 11 is 1.76. The average Bonchev–Trinajstić information content (AvgIpc) is 3.35. The van der Waals surface area contributed by atoms with Crippen molar-refractivity contribution in [3.05, 3.63) is 62.1 Å². The van der Waals surface area contributed by atoms with Crippen molar-refractivity contribution in [3.8, 4) is 5.75 Å². The van der Waals surface area contributed by atoms with Crippen molar-refractivity contribution in [1.82, 2.24) is 0 Å². The highest BCUT2D eigenvalue weighted by Crippen LogP contribution is 2.26. The van der Waals surface area contributed by atoms with E-state index < -0.39 is 0 Å². The Morgan fingerprint density at radius 2 is 2.14 bits per heavy atom. The molecule has 0 spiro atoms. The van der Waals surface area contributed by atoms with Crippen LogP contribution in [0.1, 0.15) is 35.8 Å². The van der Waals surface area contributed by atoms with Crippen LogP contribution >= 0.6 is 11.3 Å². The quantitative estimate of drug-likeness (QED) is 0.599. The molecule has 1 aliphatic rings. The molecule has 0 bridgehead atoms. The third kappa shape index (κ3) is 4.29. The topological polar surface area (TPSA) is 64.1 Å². The summed E-state index contributed by atoms with van der Waals surface area (Å²) in [4.78, 5) is 14.8. The van der Waals surface area contributed by atoms with Gasteiger partial charge in [0.25, 0.3) is 0 Å². The number of thiophene rings is 1. The van der Waals surface area contributed by atoms with Crippen molar-refractivity contribution < 1.29 is 19.2 Å². The maximum absolute atomic E-state index is 12.1. The zero-order valence-corrected chi connectivity index (χ0v) is 16.9. The smallest absolute Gasteiger partial charge is 0.336 e. The van der Waals surface area contributed by atoms with E-state index in [2.05, 4.69) is 17.5 Å². The second kappa shape index (κ2) is 8.47. The summed E-state index contributed by atoms with van der Waals surface area (Å²) in [5.74, 6) is 0.178. The van der Waals surface area contributed by atoms with Crippen molar-refractivity contribution in [2.24, 2.45) is 0 Å². The van der Waals surface area contributed by atoms with Gasteiger partial charge < -0.3 is 19.2 Å². The molecule has 1 unspecified atom stereocenters. The number of nitrogens with one attached hydrogen (secondary N) is 1. The number of benzene rings is 1.